The summed E-state index contributed by atoms with van der Waals surface area (Å²) < 4.78 is 0. The van der Waals surface area contributed by atoms with Crippen molar-refractivity contribution in [1.29, 1.82) is 0 Å². The van der Waals surface area contributed by atoms with Gasteiger partial charge in [-0.05, 0) is 31.4 Å². The molecule has 0 amide bonds. The molecule has 2 nitrogen and oxygen atoms in total. The van der Waals surface area contributed by atoms with Crippen LogP contribution in [0.5, 0.6) is 0 Å². The lowest BCUT2D eigenvalue weighted by Gasteiger charge is -2.28. The second-order valence-corrected chi connectivity index (χ2v) is 4.06. The average Bonchev–Trinajstić information content (AvgIpc) is 2.29. The summed E-state index contributed by atoms with van der Waals surface area (Å²) in [4.78, 5) is 4.39. The molecule has 14 heavy (non-hydrogen) atoms. The Morgan fingerprint density at radius 3 is 3.43 bits per heavy atom. The van der Waals surface area contributed by atoms with E-state index in [9.17, 15) is 0 Å². The molecule has 1 aliphatic heterocycles. The fraction of sp³-hybridized carbons (Fsp3) is 0.417. The van der Waals surface area contributed by atoms with Crippen LogP contribution in [0.2, 0.25) is 0 Å². The van der Waals surface area contributed by atoms with E-state index < -0.39 is 0 Å². The lowest BCUT2D eigenvalue weighted by atomic mass is 9.88. The maximum absolute atomic E-state index is 4.39. The number of rotatable bonds is 0. The molecule has 0 spiro atoms. The molecule has 1 aromatic heterocycles. The first kappa shape index (κ1) is 8.04. The quantitative estimate of drug-likeness (QED) is 0.633. The molecule has 0 bridgehead atoms. The molecule has 0 radical (unpaired) electrons. The lowest BCUT2D eigenvalue weighted by Crippen LogP contribution is -2.42. The summed E-state index contributed by atoms with van der Waals surface area (Å²) in [7, 11) is 0. The first-order chi connectivity index (χ1) is 6.95. The van der Waals surface area contributed by atoms with Crippen LogP contribution in [0.1, 0.15) is 19.3 Å². The number of piperidine rings is 1. The molecular formula is C12H14N2. The van der Waals surface area contributed by atoms with Crippen LogP contribution in [0.4, 0.5) is 0 Å². The van der Waals surface area contributed by atoms with Crippen molar-refractivity contribution in [3.05, 3.63) is 28.9 Å². The van der Waals surface area contributed by atoms with E-state index in [1.54, 1.807) is 0 Å². The van der Waals surface area contributed by atoms with Gasteiger partial charge >= 0.3 is 0 Å². The van der Waals surface area contributed by atoms with Crippen LogP contribution in [-0.4, -0.2) is 11.5 Å². The van der Waals surface area contributed by atoms with E-state index in [0.29, 0.717) is 0 Å². The molecule has 72 valence electrons. The summed E-state index contributed by atoms with van der Waals surface area (Å²) in [6.45, 7) is 1.13. The van der Waals surface area contributed by atoms with Gasteiger partial charge < -0.3 is 5.32 Å². The number of nitrogens with zero attached hydrogens (tertiary/aromatic N) is 1. The summed E-state index contributed by atoms with van der Waals surface area (Å²) in [5.41, 5.74) is 1.43. The Hall–Kier alpha value is -1.31. The zero-order chi connectivity index (χ0) is 9.38. The van der Waals surface area contributed by atoms with Crippen molar-refractivity contribution in [2.45, 2.75) is 19.3 Å². The topological polar surface area (TPSA) is 24.9 Å². The molecular weight excluding hydrogens is 172 g/mol. The summed E-state index contributed by atoms with van der Waals surface area (Å²) in [6.07, 6.45) is 7.94. The van der Waals surface area contributed by atoms with Crippen molar-refractivity contribution in [2.75, 3.05) is 6.54 Å². The number of nitrogens with one attached hydrogen (secondary N) is 1. The van der Waals surface area contributed by atoms with Gasteiger partial charge in [-0.15, -0.1) is 0 Å². The van der Waals surface area contributed by atoms with Crippen LogP contribution in [0.3, 0.4) is 0 Å². The van der Waals surface area contributed by atoms with Gasteiger partial charge in [0.2, 0.25) is 0 Å². The van der Waals surface area contributed by atoms with Gasteiger partial charge in [-0.2, -0.15) is 0 Å². The number of hydrogen-bond donors (Lipinski definition) is 1. The van der Waals surface area contributed by atoms with Gasteiger partial charge in [0, 0.05) is 29.6 Å². The van der Waals surface area contributed by atoms with E-state index in [1.807, 2.05) is 12.3 Å². The highest BCUT2D eigenvalue weighted by atomic mass is 14.9. The average molecular weight is 186 g/mol. The van der Waals surface area contributed by atoms with E-state index >= 15 is 0 Å². The second kappa shape index (κ2) is 3.12. The van der Waals surface area contributed by atoms with Crippen molar-refractivity contribution in [3.63, 3.8) is 0 Å². The Labute approximate surface area is 83.4 Å². The maximum Gasteiger partial charge on any atom is 0.0679 e. The second-order valence-electron chi connectivity index (χ2n) is 4.06. The van der Waals surface area contributed by atoms with Crippen molar-refractivity contribution in [3.8, 4) is 0 Å². The highest BCUT2D eigenvalue weighted by Gasteiger charge is 2.20. The summed E-state index contributed by atoms with van der Waals surface area (Å²) in [6, 6.07) is 4.21. The first-order valence-electron chi connectivity index (χ1n) is 5.34. The third-order valence-electron chi connectivity index (χ3n) is 3.18. The van der Waals surface area contributed by atoms with Gasteiger partial charge in [-0.1, -0.05) is 6.08 Å². The minimum Gasteiger partial charge on any atom is -0.388 e. The standard InChI is InChI=1S/C12H14N2/c1-3-9-5-6-11-10(4-2-7-13-11)12(9)14-8-1/h2,4,6-7,9,14H,1,3,5,8H2. The third-order valence-corrected chi connectivity index (χ3v) is 3.18. The SMILES string of the molecule is C1=c2ncccc2=C2NCCCC2C1. The summed E-state index contributed by atoms with van der Waals surface area (Å²) >= 11 is 0. The van der Waals surface area contributed by atoms with Crippen LogP contribution in [-0.2, 0) is 0 Å². The van der Waals surface area contributed by atoms with Gasteiger partial charge in [0.15, 0.2) is 0 Å². The molecule has 2 heteroatoms. The number of aromatic nitrogens is 1. The van der Waals surface area contributed by atoms with E-state index in [0.717, 1.165) is 24.2 Å². The van der Waals surface area contributed by atoms with Gasteiger partial charge in [-0.3, -0.25) is 4.98 Å². The Morgan fingerprint density at radius 1 is 1.43 bits per heavy atom. The highest BCUT2D eigenvalue weighted by Crippen LogP contribution is 2.24. The molecule has 2 heterocycles. The van der Waals surface area contributed by atoms with Gasteiger partial charge in [0.1, 0.15) is 0 Å². The molecule has 1 aromatic rings. The molecule has 0 aromatic carbocycles. The monoisotopic (exact) mass is 186 g/mol. The molecule has 0 saturated carbocycles. The number of pyridine rings is 1. The Bertz CT molecular complexity index is 461. The Kier molecular flexibility index (Phi) is 1.79. The normalized spacial score (nSPS) is 24.3. The summed E-state index contributed by atoms with van der Waals surface area (Å²) in [5.74, 6) is 0.723. The van der Waals surface area contributed by atoms with E-state index in [4.69, 9.17) is 0 Å². The molecule has 1 atom stereocenters. The van der Waals surface area contributed by atoms with Crippen LogP contribution in [0.15, 0.2) is 18.3 Å². The van der Waals surface area contributed by atoms with Gasteiger partial charge in [0.05, 0.1) is 5.35 Å². The Balaban J connectivity index is 2.27. The first-order valence-corrected chi connectivity index (χ1v) is 5.34. The smallest absolute Gasteiger partial charge is 0.0679 e. The molecule has 1 unspecified atom stereocenters. The van der Waals surface area contributed by atoms with Crippen LogP contribution < -0.4 is 15.9 Å². The predicted molar refractivity (Wildman–Crippen MR) is 56.7 cm³/mol. The van der Waals surface area contributed by atoms with Crippen molar-refractivity contribution in [1.82, 2.24) is 10.3 Å². The number of hydrogen-bond acceptors (Lipinski definition) is 2. The molecule has 1 N–H and O–H groups in total. The predicted octanol–water partition coefficient (Wildman–Crippen LogP) is 0.374. The fourth-order valence-corrected chi connectivity index (χ4v) is 2.47. The van der Waals surface area contributed by atoms with Crippen LogP contribution in [0.25, 0.3) is 11.8 Å². The van der Waals surface area contributed by atoms with Gasteiger partial charge in [-0.25, -0.2) is 0 Å². The fourth-order valence-electron chi connectivity index (χ4n) is 2.47. The van der Waals surface area contributed by atoms with Crippen molar-refractivity contribution < 1.29 is 0 Å². The molecule has 1 aliphatic carbocycles. The minimum absolute atomic E-state index is 0.723. The zero-order valence-corrected chi connectivity index (χ0v) is 8.16. The Morgan fingerprint density at radius 2 is 2.43 bits per heavy atom. The van der Waals surface area contributed by atoms with E-state index in [-0.39, 0.29) is 0 Å². The van der Waals surface area contributed by atoms with E-state index in [2.05, 4.69) is 22.4 Å². The third kappa shape index (κ3) is 1.14. The molecule has 3 rings (SSSR count). The van der Waals surface area contributed by atoms with Crippen molar-refractivity contribution >= 4 is 11.8 Å². The largest absolute Gasteiger partial charge is 0.388 e. The molecule has 2 aliphatic rings. The number of fused-ring (bicyclic) bond motifs is 2. The van der Waals surface area contributed by atoms with Gasteiger partial charge in [0.25, 0.3) is 0 Å². The lowest BCUT2D eigenvalue weighted by molar-refractivity contribution is 0.503. The zero-order valence-electron chi connectivity index (χ0n) is 8.16. The highest BCUT2D eigenvalue weighted by molar-refractivity contribution is 5.51. The summed E-state index contributed by atoms with van der Waals surface area (Å²) in [5, 5.41) is 6.02. The van der Waals surface area contributed by atoms with Crippen molar-refractivity contribution in [2.24, 2.45) is 5.92 Å². The van der Waals surface area contributed by atoms with E-state index in [1.165, 1.54) is 23.8 Å². The maximum atomic E-state index is 4.39. The molecule has 1 saturated heterocycles. The minimum atomic E-state index is 0.723. The molecule has 1 fully saturated rings. The van der Waals surface area contributed by atoms with Crippen LogP contribution in [0, 0.1) is 5.92 Å². The van der Waals surface area contributed by atoms with Crippen LogP contribution >= 0.6 is 0 Å².